The summed E-state index contributed by atoms with van der Waals surface area (Å²) in [5, 5.41) is 21.3. The molecule has 3 aromatic rings. The zero-order valence-electron chi connectivity index (χ0n) is 17.7. The third-order valence-corrected chi connectivity index (χ3v) is 6.16. The number of nitrogens with one attached hydrogen (secondary N) is 1. The monoisotopic (exact) mass is 472 g/mol. The number of imide groups is 1. The zero-order chi connectivity index (χ0) is 24.4. The average molecular weight is 472 g/mol. The number of furan rings is 1. The van der Waals surface area contributed by atoms with Crippen LogP contribution in [0.3, 0.4) is 0 Å². The Hall–Kier alpha value is -4.61. The summed E-state index contributed by atoms with van der Waals surface area (Å²) in [4.78, 5) is 42.2. The normalized spacial score (nSPS) is 15.1. The number of carbonyl (C=O) groups is 3. The molecule has 0 bridgehead atoms. The summed E-state index contributed by atoms with van der Waals surface area (Å²) in [5.74, 6) is -0.984. The van der Waals surface area contributed by atoms with Gasteiger partial charge in [-0.1, -0.05) is 11.8 Å². The van der Waals surface area contributed by atoms with Crippen molar-refractivity contribution < 1.29 is 18.8 Å². The number of hydrogen-bond donors (Lipinski definition) is 2. The number of nitrogen functional groups attached to an aromatic ring is 1. The topological polar surface area (TPSA) is 166 Å². The van der Waals surface area contributed by atoms with Gasteiger partial charge in [-0.05, 0) is 36.4 Å². The quantitative estimate of drug-likeness (QED) is 0.530. The molecular weight excluding hydrogens is 456 g/mol. The van der Waals surface area contributed by atoms with E-state index in [2.05, 4.69) is 10.3 Å². The Bertz CT molecular complexity index is 1390. The van der Waals surface area contributed by atoms with Crippen LogP contribution in [0.1, 0.15) is 24.5 Å². The SMILES string of the molecule is CC(=O)Nc1ccc(N2C(=O)CC(Sc3nc(N)c(C#N)c(-c4ccco4)c3C#N)C2=O)cc1. The Kier molecular flexibility index (Phi) is 6.04. The molecule has 0 saturated carbocycles. The molecule has 1 aliphatic heterocycles. The lowest BCUT2D eigenvalue weighted by Gasteiger charge is -2.16. The van der Waals surface area contributed by atoms with Crippen molar-refractivity contribution in [2.24, 2.45) is 0 Å². The molecule has 3 heterocycles. The van der Waals surface area contributed by atoms with E-state index in [0.29, 0.717) is 11.4 Å². The van der Waals surface area contributed by atoms with E-state index in [9.17, 15) is 24.9 Å². The second-order valence-corrected chi connectivity index (χ2v) is 8.43. The molecular formula is C23H16N6O4S. The lowest BCUT2D eigenvalue weighted by atomic mass is 10.0. The van der Waals surface area contributed by atoms with Crippen LogP contribution >= 0.6 is 11.8 Å². The molecule has 1 aliphatic rings. The minimum atomic E-state index is -0.848. The van der Waals surface area contributed by atoms with Crippen molar-refractivity contribution in [3.8, 4) is 23.5 Å². The highest BCUT2D eigenvalue weighted by atomic mass is 32.2. The number of benzene rings is 1. The highest BCUT2D eigenvalue weighted by molar-refractivity contribution is 8.00. The van der Waals surface area contributed by atoms with Gasteiger partial charge in [0.2, 0.25) is 17.7 Å². The first-order chi connectivity index (χ1) is 16.3. The van der Waals surface area contributed by atoms with Crippen LogP contribution in [0.4, 0.5) is 17.2 Å². The number of carbonyl (C=O) groups excluding carboxylic acids is 3. The van der Waals surface area contributed by atoms with Crippen molar-refractivity contribution >= 4 is 46.7 Å². The van der Waals surface area contributed by atoms with E-state index in [4.69, 9.17) is 10.2 Å². The van der Waals surface area contributed by atoms with Gasteiger partial charge in [0.1, 0.15) is 34.3 Å². The van der Waals surface area contributed by atoms with Crippen molar-refractivity contribution in [3.63, 3.8) is 0 Å². The van der Waals surface area contributed by atoms with Crippen LogP contribution in [0, 0.1) is 22.7 Å². The van der Waals surface area contributed by atoms with Crippen LogP contribution in [0.5, 0.6) is 0 Å². The molecule has 0 radical (unpaired) electrons. The number of nitriles is 2. The number of aromatic nitrogens is 1. The average Bonchev–Trinajstić information content (AvgIpc) is 3.42. The predicted octanol–water partition coefficient (Wildman–Crippen LogP) is 3.05. The van der Waals surface area contributed by atoms with Crippen LogP contribution in [-0.2, 0) is 14.4 Å². The fraction of sp³-hybridized carbons (Fsp3) is 0.130. The summed E-state index contributed by atoms with van der Waals surface area (Å²) >= 11 is 0.935. The van der Waals surface area contributed by atoms with E-state index in [0.717, 1.165) is 16.7 Å². The number of nitrogens with zero attached hydrogens (tertiary/aromatic N) is 4. The molecule has 1 atom stereocenters. The number of pyridine rings is 1. The summed E-state index contributed by atoms with van der Waals surface area (Å²) in [6.45, 7) is 1.37. The van der Waals surface area contributed by atoms with Gasteiger partial charge in [0.05, 0.1) is 28.3 Å². The van der Waals surface area contributed by atoms with Crippen molar-refractivity contribution in [3.05, 3.63) is 53.8 Å². The number of amides is 3. The molecule has 168 valence electrons. The molecule has 1 unspecified atom stereocenters. The molecule has 2 aromatic heterocycles. The lowest BCUT2D eigenvalue weighted by molar-refractivity contribution is -0.121. The molecule has 1 fully saturated rings. The minimum Gasteiger partial charge on any atom is -0.464 e. The highest BCUT2D eigenvalue weighted by Gasteiger charge is 2.41. The first-order valence-corrected chi connectivity index (χ1v) is 10.8. The second kappa shape index (κ2) is 9.10. The zero-order valence-corrected chi connectivity index (χ0v) is 18.5. The van der Waals surface area contributed by atoms with Gasteiger partial charge in [-0.15, -0.1) is 0 Å². The molecule has 3 amide bonds. The van der Waals surface area contributed by atoms with Crippen molar-refractivity contribution in [1.82, 2.24) is 4.98 Å². The van der Waals surface area contributed by atoms with Gasteiger partial charge in [-0.3, -0.25) is 14.4 Å². The van der Waals surface area contributed by atoms with Crippen molar-refractivity contribution in [1.29, 1.82) is 10.5 Å². The third-order valence-electron chi connectivity index (χ3n) is 4.99. The van der Waals surface area contributed by atoms with Crippen molar-refractivity contribution in [2.45, 2.75) is 23.6 Å². The molecule has 3 N–H and O–H groups in total. The third kappa shape index (κ3) is 4.08. The fourth-order valence-corrected chi connectivity index (χ4v) is 4.67. The summed E-state index contributed by atoms with van der Waals surface area (Å²) in [6, 6.07) is 13.5. The molecule has 1 aromatic carbocycles. The molecule has 1 saturated heterocycles. The second-order valence-electron chi connectivity index (χ2n) is 7.23. The maximum Gasteiger partial charge on any atom is 0.247 e. The molecule has 4 rings (SSSR count). The Morgan fingerprint density at radius 3 is 2.50 bits per heavy atom. The largest absolute Gasteiger partial charge is 0.464 e. The molecule has 34 heavy (non-hydrogen) atoms. The van der Waals surface area contributed by atoms with E-state index >= 15 is 0 Å². The predicted molar refractivity (Wildman–Crippen MR) is 123 cm³/mol. The smallest absolute Gasteiger partial charge is 0.247 e. The Balaban J connectivity index is 1.66. The number of rotatable bonds is 5. The minimum absolute atomic E-state index is 0.00874. The van der Waals surface area contributed by atoms with E-state index in [1.54, 1.807) is 36.4 Å². The molecule has 0 spiro atoms. The van der Waals surface area contributed by atoms with Gasteiger partial charge in [0.25, 0.3) is 0 Å². The summed E-state index contributed by atoms with van der Waals surface area (Å²) in [6.07, 6.45) is 1.29. The van der Waals surface area contributed by atoms with E-state index in [1.165, 1.54) is 13.2 Å². The van der Waals surface area contributed by atoms with Gasteiger partial charge in [0, 0.05) is 19.0 Å². The fourth-order valence-electron chi connectivity index (χ4n) is 3.55. The number of hydrogen-bond acceptors (Lipinski definition) is 9. The summed E-state index contributed by atoms with van der Waals surface area (Å²) in [5.41, 5.74) is 7.07. The Labute approximate surface area is 198 Å². The van der Waals surface area contributed by atoms with Gasteiger partial charge in [-0.25, -0.2) is 9.88 Å². The first kappa shape index (κ1) is 22.6. The lowest BCUT2D eigenvalue weighted by Crippen LogP contribution is -2.31. The maximum absolute atomic E-state index is 13.1. The molecule has 11 heteroatoms. The molecule has 10 nitrogen and oxygen atoms in total. The maximum atomic E-state index is 13.1. The summed E-state index contributed by atoms with van der Waals surface area (Å²) < 4.78 is 5.38. The Morgan fingerprint density at radius 2 is 1.91 bits per heavy atom. The van der Waals surface area contributed by atoms with Crippen LogP contribution in [0.2, 0.25) is 0 Å². The Morgan fingerprint density at radius 1 is 1.21 bits per heavy atom. The number of nitrogens with two attached hydrogens (primary N) is 1. The summed E-state index contributed by atoms with van der Waals surface area (Å²) in [7, 11) is 0. The van der Waals surface area contributed by atoms with Gasteiger partial charge in [-0.2, -0.15) is 10.5 Å². The van der Waals surface area contributed by atoms with Gasteiger partial charge >= 0.3 is 0 Å². The standard InChI is InChI=1S/C23H16N6O4S/c1-12(30)27-13-4-6-14(7-5-13)29-19(31)9-18(23(29)32)34-22-16(11-25)20(17-3-2-8-33-17)15(10-24)21(26)28-22/h2-8,18H,9H2,1H3,(H2,26,28)(H,27,30). The molecule has 0 aliphatic carbocycles. The van der Waals surface area contributed by atoms with E-state index in [1.807, 2.05) is 12.1 Å². The highest BCUT2D eigenvalue weighted by Crippen LogP contribution is 2.40. The van der Waals surface area contributed by atoms with Gasteiger partial charge in [0.15, 0.2) is 0 Å². The van der Waals surface area contributed by atoms with E-state index in [-0.39, 0.29) is 45.6 Å². The number of thioether (sulfide) groups is 1. The van der Waals surface area contributed by atoms with Crippen molar-refractivity contribution in [2.75, 3.05) is 16.0 Å². The van der Waals surface area contributed by atoms with Crippen LogP contribution in [-0.4, -0.2) is 28.0 Å². The van der Waals surface area contributed by atoms with Gasteiger partial charge < -0.3 is 15.5 Å². The first-order valence-electron chi connectivity index (χ1n) is 9.92. The number of anilines is 3. The van der Waals surface area contributed by atoms with Crippen LogP contribution in [0.15, 0.2) is 52.1 Å². The van der Waals surface area contributed by atoms with Crippen LogP contribution in [0.25, 0.3) is 11.3 Å². The van der Waals surface area contributed by atoms with E-state index < -0.39 is 17.1 Å². The van der Waals surface area contributed by atoms with Crippen LogP contribution < -0.4 is 16.0 Å².